The molecule has 0 aromatic heterocycles. The predicted molar refractivity (Wildman–Crippen MR) is 71.9 cm³/mol. The monoisotopic (exact) mass is 267 g/mol. The molecule has 3 N–H and O–H groups in total. The van der Waals surface area contributed by atoms with E-state index in [2.05, 4.69) is 5.32 Å². The number of carbonyl (C=O) groups excluding carboxylic acids is 1. The van der Waals surface area contributed by atoms with E-state index in [9.17, 15) is 9.18 Å². The fourth-order valence-corrected chi connectivity index (χ4v) is 2.30. The van der Waals surface area contributed by atoms with Gasteiger partial charge in [-0.3, -0.25) is 0 Å². The Bertz CT molecular complexity index is 480. The lowest BCUT2D eigenvalue weighted by molar-refractivity contribution is 0.216. The van der Waals surface area contributed by atoms with Crippen molar-refractivity contribution in [1.82, 2.24) is 4.90 Å². The summed E-state index contributed by atoms with van der Waals surface area (Å²) in [5.74, 6) is -0.461. The van der Waals surface area contributed by atoms with Gasteiger partial charge in [-0.15, -0.1) is 0 Å². The van der Waals surface area contributed by atoms with Gasteiger partial charge in [0.1, 0.15) is 5.82 Å². The first-order valence-corrected chi connectivity index (χ1v) is 6.12. The molecule has 1 aromatic carbocycles. The number of rotatable bonds is 2. The number of nitrogens with zero attached hydrogens (tertiary/aromatic N) is 1. The second kappa shape index (κ2) is 5.30. The molecule has 0 saturated carbocycles. The first kappa shape index (κ1) is 12.8. The molecule has 2 rings (SSSR count). The lowest BCUT2D eigenvalue weighted by Crippen LogP contribution is -2.44. The fraction of sp³-hybridized carbons (Fsp3) is 0.333. The highest BCUT2D eigenvalue weighted by Crippen LogP contribution is 2.20. The lowest BCUT2D eigenvalue weighted by Gasteiger charge is -2.24. The number of carbonyl (C=O) groups is 1. The number of nitrogens with two attached hydrogens (primary N) is 1. The van der Waals surface area contributed by atoms with Gasteiger partial charge in [0, 0.05) is 6.54 Å². The molecular weight excluding hydrogens is 253 g/mol. The van der Waals surface area contributed by atoms with Crippen molar-refractivity contribution < 1.29 is 9.18 Å². The lowest BCUT2D eigenvalue weighted by atomic mass is 10.2. The Balaban J connectivity index is 2.08. The topological polar surface area (TPSA) is 58.4 Å². The van der Waals surface area contributed by atoms with Crippen LogP contribution in [0.5, 0.6) is 0 Å². The highest BCUT2D eigenvalue weighted by Gasteiger charge is 2.30. The number of thiocarbonyl (C=S) groups is 1. The number of nitrogens with one attached hydrogen (secondary N) is 1. The summed E-state index contributed by atoms with van der Waals surface area (Å²) < 4.78 is 13.4. The number of urea groups is 1. The van der Waals surface area contributed by atoms with Gasteiger partial charge < -0.3 is 16.0 Å². The summed E-state index contributed by atoms with van der Waals surface area (Å²) in [5, 5.41) is 2.53. The number of hydrogen-bond donors (Lipinski definition) is 2. The zero-order valence-electron chi connectivity index (χ0n) is 9.73. The average Bonchev–Trinajstić information content (AvgIpc) is 2.81. The van der Waals surface area contributed by atoms with E-state index >= 15 is 0 Å². The van der Waals surface area contributed by atoms with Crippen LogP contribution in [0.3, 0.4) is 0 Å². The van der Waals surface area contributed by atoms with Crippen LogP contribution in [0.1, 0.15) is 12.8 Å². The summed E-state index contributed by atoms with van der Waals surface area (Å²) in [6.45, 7) is 0.586. The molecule has 6 heteroatoms. The van der Waals surface area contributed by atoms with Gasteiger partial charge in [0.2, 0.25) is 0 Å². The van der Waals surface area contributed by atoms with E-state index in [0.29, 0.717) is 11.5 Å². The fourth-order valence-electron chi connectivity index (χ4n) is 2.06. The summed E-state index contributed by atoms with van der Waals surface area (Å²) >= 11 is 4.92. The summed E-state index contributed by atoms with van der Waals surface area (Å²) in [5.41, 5.74) is 5.75. The number of amides is 2. The minimum Gasteiger partial charge on any atom is -0.392 e. The van der Waals surface area contributed by atoms with Gasteiger partial charge in [-0.2, -0.15) is 0 Å². The molecule has 1 heterocycles. The molecule has 1 fully saturated rings. The molecule has 18 heavy (non-hydrogen) atoms. The smallest absolute Gasteiger partial charge is 0.322 e. The minimum absolute atomic E-state index is 0.163. The number of hydrogen-bond acceptors (Lipinski definition) is 2. The Labute approximate surface area is 110 Å². The third-order valence-corrected chi connectivity index (χ3v) is 3.23. The summed E-state index contributed by atoms with van der Waals surface area (Å²) in [6, 6.07) is 5.44. The van der Waals surface area contributed by atoms with Crippen molar-refractivity contribution in [2.24, 2.45) is 5.73 Å². The Morgan fingerprint density at radius 3 is 2.89 bits per heavy atom. The molecule has 0 bridgehead atoms. The van der Waals surface area contributed by atoms with Crippen LogP contribution >= 0.6 is 12.2 Å². The maximum atomic E-state index is 13.4. The first-order chi connectivity index (χ1) is 8.59. The van der Waals surface area contributed by atoms with Crippen molar-refractivity contribution in [3.8, 4) is 0 Å². The van der Waals surface area contributed by atoms with Gasteiger partial charge in [0.25, 0.3) is 0 Å². The molecule has 1 aromatic rings. The molecule has 0 aliphatic carbocycles. The van der Waals surface area contributed by atoms with Gasteiger partial charge in [-0.05, 0) is 25.0 Å². The molecule has 0 spiro atoms. The van der Waals surface area contributed by atoms with E-state index in [0.717, 1.165) is 12.8 Å². The predicted octanol–water partition coefficient (Wildman–Crippen LogP) is 2.11. The van der Waals surface area contributed by atoms with Crippen LogP contribution in [0.25, 0.3) is 0 Å². The van der Waals surface area contributed by atoms with Crippen LogP contribution in [-0.4, -0.2) is 28.5 Å². The number of para-hydroxylation sites is 1. The van der Waals surface area contributed by atoms with Crippen LogP contribution in [-0.2, 0) is 0 Å². The van der Waals surface area contributed by atoms with E-state index in [4.69, 9.17) is 18.0 Å². The van der Waals surface area contributed by atoms with Crippen molar-refractivity contribution in [2.45, 2.75) is 18.9 Å². The summed E-state index contributed by atoms with van der Waals surface area (Å²) in [6.07, 6.45) is 1.62. The van der Waals surface area contributed by atoms with Crippen LogP contribution < -0.4 is 11.1 Å². The van der Waals surface area contributed by atoms with Crippen molar-refractivity contribution in [3.05, 3.63) is 30.1 Å². The highest BCUT2D eigenvalue weighted by molar-refractivity contribution is 7.80. The van der Waals surface area contributed by atoms with E-state index in [1.54, 1.807) is 17.0 Å². The Morgan fingerprint density at radius 2 is 2.22 bits per heavy atom. The first-order valence-electron chi connectivity index (χ1n) is 5.71. The van der Waals surface area contributed by atoms with Crippen molar-refractivity contribution in [1.29, 1.82) is 0 Å². The van der Waals surface area contributed by atoms with E-state index in [1.807, 2.05) is 0 Å². The molecule has 1 atom stereocenters. The Morgan fingerprint density at radius 1 is 1.50 bits per heavy atom. The number of anilines is 1. The van der Waals surface area contributed by atoms with Crippen LogP contribution in [0.2, 0.25) is 0 Å². The Kier molecular flexibility index (Phi) is 3.76. The largest absolute Gasteiger partial charge is 0.392 e. The average molecular weight is 267 g/mol. The normalized spacial score (nSPS) is 18.7. The zero-order valence-corrected chi connectivity index (χ0v) is 10.5. The molecule has 1 saturated heterocycles. The molecule has 2 amide bonds. The zero-order chi connectivity index (χ0) is 13.1. The maximum absolute atomic E-state index is 13.4. The maximum Gasteiger partial charge on any atom is 0.322 e. The van der Waals surface area contributed by atoms with Gasteiger partial charge in [0.15, 0.2) is 0 Å². The molecular formula is C12H14FN3OS. The van der Waals surface area contributed by atoms with E-state index in [1.165, 1.54) is 12.1 Å². The standard InChI is InChI=1S/C12H14FN3OS/c13-8-4-1-2-5-9(8)15-12(17)16-7-3-6-10(16)11(14)18/h1-2,4-5,10H,3,6-7H2,(H2,14,18)(H,15,17). The highest BCUT2D eigenvalue weighted by atomic mass is 32.1. The SMILES string of the molecule is NC(=S)C1CCCN1C(=O)Nc1ccccc1F. The third-order valence-electron chi connectivity index (χ3n) is 2.96. The van der Waals surface area contributed by atoms with E-state index in [-0.39, 0.29) is 17.8 Å². The van der Waals surface area contributed by atoms with Crippen molar-refractivity contribution in [3.63, 3.8) is 0 Å². The third kappa shape index (κ3) is 2.59. The summed E-state index contributed by atoms with van der Waals surface area (Å²) in [4.78, 5) is 13.9. The van der Waals surface area contributed by atoms with Crippen LogP contribution in [0, 0.1) is 5.82 Å². The van der Waals surface area contributed by atoms with Gasteiger partial charge in [-0.1, -0.05) is 24.4 Å². The molecule has 1 unspecified atom stereocenters. The number of benzene rings is 1. The number of likely N-dealkylation sites (tertiary alicyclic amines) is 1. The van der Waals surface area contributed by atoms with Gasteiger partial charge >= 0.3 is 6.03 Å². The van der Waals surface area contributed by atoms with Crippen LogP contribution in [0.15, 0.2) is 24.3 Å². The van der Waals surface area contributed by atoms with Gasteiger partial charge in [0.05, 0.1) is 16.7 Å². The van der Waals surface area contributed by atoms with Crippen molar-refractivity contribution in [2.75, 3.05) is 11.9 Å². The number of halogens is 1. The second-order valence-electron chi connectivity index (χ2n) is 4.16. The van der Waals surface area contributed by atoms with E-state index < -0.39 is 5.82 Å². The van der Waals surface area contributed by atoms with Crippen molar-refractivity contribution >= 4 is 28.9 Å². The summed E-state index contributed by atoms with van der Waals surface area (Å²) in [7, 11) is 0. The molecule has 1 aliphatic heterocycles. The molecule has 96 valence electrons. The second-order valence-corrected chi connectivity index (χ2v) is 4.64. The molecule has 4 nitrogen and oxygen atoms in total. The van der Waals surface area contributed by atoms with Gasteiger partial charge in [-0.25, -0.2) is 9.18 Å². The molecule has 0 radical (unpaired) electrons. The van der Waals surface area contributed by atoms with Crippen LogP contribution in [0.4, 0.5) is 14.9 Å². The minimum atomic E-state index is -0.461. The Hall–Kier alpha value is -1.69. The molecule has 1 aliphatic rings. The quantitative estimate of drug-likeness (QED) is 0.807.